The second-order valence-corrected chi connectivity index (χ2v) is 5.71. The van der Waals surface area contributed by atoms with E-state index in [0.717, 1.165) is 16.6 Å². The highest BCUT2D eigenvalue weighted by molar-refractivity contribution is 6.07. The summed E-state index contributed by atoms with van der Waals surface area (Å²) in [5, 5.41) is 2.31. The molecular weight excluding hydrogens is 298 g/mol. The Morgan fingerprint density at radius 1 is 0.958 bits per heavy atom. The Balaban J connectivity index is 1.89. The molecule has 3 rings (SSSR count). The van der Waals surface area contributed by atoms with Crippen LogP contribution in [-0.4, -0.2) is 19.6 Å². The lowest BCUT2D eigenvalue weighted by molar-refractivity contribution is 0.0988. The van der Waals surface area contributed by atoms with E-state index in [1.54, 1.807) is 12.0 Å². The molecular formula is C21H21NO2. The monoisotopic (exact) mass is 319 g/mol. The zero-order valence-electron chi connectivity index (χ0n) is 14.0. The second kappa shape index (κ2) is 7.28. The lowest BCUT2D eigenvalue weighted by atomic mass is 10.1. The SMILES string of the molecule is CCN(C(=O)c1ccc(COC)cc1)c1ccc2ccccc2c1. The van der Waals surface area contributed by atoms with Crippen molar-refractivity contribution in [3.05, 3.63) is 77.9 Å². The first-order valence-corrected chi connectivity index (χ1v) is 8.11. The number of hydrogen-bond donors (Lipinski definition) is 0. The molecule has 122 valence electrons. The molecule has 0 aliphatic carbocycles. The number of ether oxygens (including phenoxy) is 1. The summed E-state index contributed by atoms with van der Waals surface area (Å²) in [6.45, 7) is 3.17. The van der Waals surface area contributed by atoms with Gasteiger partial charge in [-0.3, -0.25) is 4.79 Å². The third-order valence-corrected chi connectivity index (χ3v) is 4.12. The van der Waals surface area contributed by atoms with Gasteiger partial charge in [0.05, 0.1) is 6.61 Å². The molecule has 0 aromatic heterocycles. The molecule has 0 aliphatic heterocycles. The van der Waals surface area contributed by atoms with E-state index in [1.807, 2.05) is 49.4 Å². The van der Waals surface area contributed by atoms with E-state index in [4.69, 9.17) is 4.74 Å². The summed E-state index contributed by atoms with van der Waals surface area (Å²) < 4.78 is 5.11. The summed E-state index contributed by atoms with van der Waals surface area (Å²) in [7, 11) is 1.66. The van der Waals surface area contributed by atoms with Gasteiger partial charge in [-0.25, -0.2) is 0 Å². The lowest BCUT2D eigenvalue weighted by Crippen LogP contribution is -2.30. The highest BCUT2D eigenvalue weighted by atomic mass is 16.5. The van der Waals surface area contributed by atoms with Gasteiger partial charge in [0, 0.05) is 24.9 Å². The maximum Gasteiger partial charge on any atom is 0.258 e. The Morgan fingerprint density at radius 3 is 2.33 bits per heavy atom. The first-order chi connectivity index (χ1) is 11.7. The minimum absolute atomic E-state index is 0.0109. The third kappa shape index (κ3) is 3.31. The summed E-state index contributed by atoms with van der Waals surface area (Å²) in [5.74, 6) is 0.0109. The van der Waals surface area contributed by atoms with E-state index < -0.39 is 0 Å². The van der Waals surface area contributed by atoms with Gasteiger partial charge in [-0.15, -0.1) is 0 Å². The van der Waals surface area contributed by atoms with E-state index in [1.165, 1.54) is 5.39 Å². The molecule has 3 heteroatoms. The molecule has 0 atom stereocenters. The number of anilines is 1. The van der Waals surface area contributed by atoms with Crippen LogP contribution in [-0.2, 0) is 11.3 Å². The van der Waals surface area contributed by atoms with Crippen LogP contribution in [0.15, 0.2) is 66.7 Å². The van der Waals surface area contributed by atoms with Crippen LogP contribution in [0.4, 0.5) is 5.69 Å². The molecule has 0 N–H and O–H groups in total. The smallest absolute Gasteiger partial charge is 0.258 e. The number of fused-ring (bicyclic) bond motifs is 1. The van der Waals surface area contributed by atoms with E-state index in [2.05, 4.69) is 24.3 Å². The molecule has 24 heavy (non-hydrogen) atoms. The van der Waals surface area contributed by atoms with Crippen LogP contribution >= 0.6 is 0 Å². The maximum absolute atomic E-state index is 12.9. The first-order valence-electron chi connectivity index (χ1n) is 8.11. The maximum atomic E-state index is 12.9. The van der Waals surface area contributed by atoms with Gasteiger partial charge in [0.15, 0.2) is 0 Å². The van der Waals surface area contributed by atoms with Gasteiger partial charge >= 0.3 is 0 Å². The van der Waals surface area contributed by atoms with Crippen molar-refractivity contribution < 1.29 is 9.53 Å². The van der Waals surface area contributed by atoms with Gasteiger partial charge in [-0.1, -0.05) is 42.5 Å². The molecule has 0 spiro atoms. The van der Waals surface area contributed by atoms with Crippen LogP contribution in [0.3, 0.4) is 0 Å². The summed E-state index contributed by atoms with van der Waals surface area (Å²) >= 11 is 0. The fraction of sp³-hybridized carbons (Fsp3) is 0.190. The predicted octanol–water partition coefficient (Wildman–Crippen LogP) is 4.65. The summed E-state index contributed by atoms with van der Waals surface area (Å²) in [4.78, 5) is 14.7. The fourth-order valence-corrected chi connectivity index (χ4v) is 2.85. The van der Waals surface area contributed by atoms with Crippen molar-refractivity contribution in [2.24, 2.45) is 0 Å². The number of methoxy groups -OCH3 is 1. The number of carbonyl (C=O) groups excluding carboxylic acids is 1. The summed E-state index contributed by atoms with van der Waals surface area (Å²) in [5.41, 5.74) is 2.66. The van der Waals surface area contributed by atoms with Gasteiger partial charge in [-0.2, -0.15) is 0 Å². The van der Waals surface area contributed by atoms with Crippen molar-refractivity contribution in [1.29, 1.82) is 0 Å². The highest BCUT2D eigenvalue weighted by Crippen LogP contribution is 2.23. The Kier molecular flexibility index (Phi) is 4.92. The zero-order chi connectivity index (χ0) is 16.9. The molecule has 1 amide bonds. The lowest BCUT2D eigenvalue weighted by Gasteiger charge is -2.22. The molecule has 0 saturated carbocycles. The van der Waals surface area contributed by atoms with E-state index >= 15 is 0 Å². The van der Waals surface area contributed by atoms with Crippen molar-refractivity contribution in [1.82, 2.24) is 0 Å². The third-order valence-electron chi connectivity index (χ3n) is 4.12. The number of nitrogens with zero attached hydrogens (tertiary/aromatic N) is 1. The molecule has 0 bridgehead atoms. The fourth-order valence-electron chi connectivity index (χ4n) is 2.85. The van der Waals surface area contributed by atoms with Gasteiger partial charge < -0.3 is 9.64 Å². The molecule has 3 aromatic carbocycles. The molecule has 0 heterocycles. The van der Waals surface area contributed by atoms with Crippen LogP contribution in [0.25, 0.3) is 10.8 Å². The summed E-state index contributed by atoms with van der Waals surface area (Å²) in [6.07, 6.45) is 0. The molecule has 3 nitrogen and oxygen atoms in total. The molecule has 3 aromatic rings. The van der Waals surface area contributed by atoms with Crippen molar-refractivity contribution in [3.8, 4) is 0 Å². The van der Waals surface area contributed by atoms with Gasteiger partial charge in [-0.05, 0) is 47.5 Å². The Morgan fingerprint density at radius 2 is 1.67 bits per heavy atom. The number of benzene rings is 3. The van der Waals surface area contributed by atoms with Crippen LogP contribution in [0, 0.1) is 0 Å². The predicted molar refractivity (Wildman–Crippen MR) is 98.5 cm³/mol. The van der Waals surface area contributed by atoms with Crippen molar-refractivity contribution in [2.45, 2.75) is 13.5 Å². The molecule has 0 aliphatic rings. The first kappa shape index (κ1) is 16.2. The Bertz CT molecular complexity index is 840. The van der Waals surface area contributed by atoms with Gasteiger partial charge in [0.25, 0.3) is 5.91 Å². The molecule has 0 saturated heterocycles. The van der Waals surface area contributed by atoms with Gasteiger partial charge in [0.1, 0.15) is 0 Å². The zero-order valence-corrected chi connectivity index (χ0v) is 14.0. The Labute approximate surface area is 142 Å². The van der Waals surface area contributed by atoms with Crippen molar-refractivity contribution >= 4 is 22.4 Å². The van der Waals surface area contributed by atoms with Crippen LogP contribution < -0.4 is 4.90 Å². The minimum atomic E-state index is 0.0109. The normalized spacial score (nSPS) is 10.8. The van der Waals surface area contributed by atoms with Crippen LogP contribution in [0.1, 0.15) is 22.8 Å². The van der Waals surface area contributed by atoms with E-state index in [0.29, 0.717) is 18.7 Å². The molecule has 0 radical (unpaired) electrons. The summed E-state index contributed by atoms with van der Waals surface area (Å²) in [6, 6.07) is 21.9. The minimum Gasteiger partial charge on any atom is -0.380 e. The number of rotatable bonds is 5. The van der Waals surface area contributed by atoms with Gasteiger partial charge in [0.2, 0.25) is 0 Å². The topological polar surface area (TPSA) is 29.5 Å². The van der Waals surface area contributed by atoms with Crippen molar-refractivity contribution in [2.75, 3.05) is 18.6 Å². The largest absolute Gasteiger partial charge is 0.380 e. The van der Waals surface area contributed by atoms with E-state index in [-0.39, 0.29) is 5.91 Å². The average Bonchev–Trinajstić information content (AvgIpc) is 2.63. The number of carbonyl (C=O) groups is 1. The van der Waals surface area contributed by atoms with Crippen LogP contribution in [0.2, 0.25) is 0 Å². The van der Waals surface area contributed by atoms with Crippen molar-refractivity contribution in [3.63, 3.8) is 0 Å². The quantitative estimate of drug-likeness (QED) is 0.685. The highest BCUT2D eigenvalue weighted by Gasteiger charge is 2.16. The number of hydrogen-bond acceptors (Lipinski definition) is 2. The average molecular weight is 319 g/mol. The number of amides is 1. The molecule has 0 fully saturated rings. The second-order valence-electron chi connectivity index (χ2n) is 5.71. The molecule has 0 unspecified atom stereocenters. The Hall–Kier alpha value is -2.65. The standard InChI is InChI=1S/C21H21NO2/c1-3-22(20-13-12-17-6-4-5-7-19(17)14-20)21(23)18-10-8-16(9-11-18)15-24-2/h4-14H,3,15H2,1-2H3. The van der Waals surface area contributed by atoms with E-state index in [9.17, 15) is 4.79 Å². The van der Waals surface area contributed by atoms with Crippen LogP contribution in [0.5, 0.6) is 0 Å².